The van der Waals surface area contributed by atoms with Gasteiger partial charge < -0.3 is 10.1 Å². The van der Waals surface area contributed by atoms with Gasteiger partial charge in [-0.15, -0.1) is 0 Å². The summed E-state index contributed by atoms with van der Waals surface area (Å²) in [6.45, 7) is 5.47. The lowest BCUT2D eigenvalue weighted by atomic mass is 10.3. The van der Waals surface area contributed by atoms with E-state index in [1.54, 1.807) is 12.1 Å². The maximum Gasteiger partial charge on any atom is 0.263 e. The average molecular weight is 495 g/mol. The molecule has 0 bridgehead atoms. The number of nitrogens with zero attached hydrogens (tertiary/aromatic N) is 4. The van der Waals surface area contributed by atoms with Crippen molar-refractivity contribution in [3.8, 4) is 11.7 Å². The zero-order valence-electron chi connectivity index (χ0n) is 15.0. The zero-order valence-corrected chi connectivity index (χ0v) is 18.1. The molecule has 1 N–H and O–H groups in total. The molecular weight excluding hydrogens is 478 g/mol. The van der Waals surface area contributed by atoms with E-state index in [-0.39, 0.29) is 12.5 Å². The van der Waals surface area contributed by atoms with Gasteiger partial charge in [0, 0.05) is 21.9 Å². The van der Waals surface area contributed by atoms with Gasteiger partial charge in [0.25, 0.3) is 11.9 Å². The number of halogens is 2. The van der Waals surface area contributed by atoms with Crippen molar-refractivity contribution in [2.24, 2.45) is 0 Å². The summed E-state index contributed by atoms with van der Waals surface area (Å²) in [7, 11) is 0. The van der Waals surface area contributed by atoms with Gasteiger partial charge in [-0.05, 0) is 61.0 Å². The van der Waals surface area contributed by atoms with Crippen LogP contribution in [-0.4, -0.2) is 32.3 Å². The predicted octanol–water partition coefficient (Wildman–Crippen LogP) is 4.13. The Balaban J connectivity index is 1.74. The van der Waals surface area contributed by atoms with Gasteiger partial charge in [0.15, 0.2) is 6.61 Å². The SMILES string of the molecule is Cc1cc(C)nc(-n2nc(C)cc2NC(=O)COc2ccc(Br)cc2Br)n1. The van der Waals surface area contributed by atoms with E-state index in [2.05, 4.69) is 52.2 Å². The van der Waals surface area contributed by atoms with Crippen LogP contribution in [0.3, 0.4) is 0 Å². The van der Waals surface area contributed by atoms with Crippen LogP contribution in [0.1, 0.15) is 17.1 Å². The van der Waals surface area contributed by atoms with Crippen molar-refractivity contribution in [1.82, 2.24) is 19.7 Å². The molecule has 140 valence electrons. The third-order valence-electron chi connectivity index (χ3n) is 3.51. The van der Waals surface area contributed by atoms with E-state index in [4.69, 9.17) is 4.74 Å². The molecule has 0 saturated heterocycles. The van der Waals surface area contributed by atoms with Crippen LogP contribution in [0.25, 0.3) is 5.95 Å². The van der Waals surface area contributed by atoms with Gasteiger partial charge in [-0.3, -0.25) is 4.79 Å². The van der Waals surface area contributed by atoms with Crippen LogP contribution in [0.15, 0.2) is 39.3 Å². The Morgan fingerprint density at radius 2 is 1.78 bits per heavy atom. The fraction of sp³-hybridized carbons (Fsp3) is 0.222. The van der Waals surface area contributed by atoms with Gasteiger partial charge in [-0.25, -0.2) is 9.97 Å². The first-order valence-electron chi connectivity index (χ1n) is 8.09. The number of nitrogens with one attached hydrogen (secondary N) is 1. The largest absolute Gasteiger partial charge is 0.483 e. The lowest BCUT2D eigenvalue weighted by molar-refractivity contribution is -0.118. The summed E-state index contributed by atoms with van der Waals surface area (Å²) in [6, 6.07) is 9.10. The molecule has 9 heteroatoms. The molecule has 0 aliphatic carbocycles. The van der Waals surface area contributed by atoms with Crippen molar-refractivity contribution in [2.75, 3.05) is 11.9 Å². The zero-order chi connectivity index (χ0) is 19.6. The highest BCUT2D eigenvalue weighted by Gasteiger charge is 2.14. The number of rotatable bonds is 5. The number of hydrogen-bond acceptors (Lipinski definition) is 5. The van der Waals surface area contributed by atoms with Gasteiger partial charge in [-0.1, -0.05) is 15.9 Å². The normalized spacial score (nSPS) is 10.7. The molecule has 0 fully saturated rings. The van der Waals surface area contributed by atoms with Crippen LogP contribution >= 0.6 is 31.9 Å². The topological polar surface area (TPSA) is 81.9 Å². The number of carbonyl (C=O) groups excluding carboxylic acids is 1. The van der Waals surface area contributed by atoms with Crippen molar-refractivity contribution in [2.45, 2.75) is 20.8 Å². The summed E-state index contributed by atoms with van der Waals surface area (Å²) < 4.78 is 8.77. The Bertz CT molecular complexity index is 983. The maximum absolute atomic E-state index is 12.3. The van der Waals surface area contributed by atoms with E-state index in [1.165, 1.54) is 4.68 Å². The summed E-state index contributed by atoms with van der Waals surface area (Å²) in [5.41, 5.74) is 2.39. The van der Waals surface area contributed by atoms with Gasteiger partial charge in [0.2, 0.25) is 0 Å². The highest BCUT2D eigenvalue weighted by molar-refractivity contribution is 9.11. The second kappa shape index (κ2) is 8.18. The number of hydrogen-bond donors (Lipinski definition) is 1. The maximum atomic E-state index is 12.3. The fourth-order valence-corrected chi connectivity index (χ4v) is 3.62. The van der Waals surface area contributed by atoms with E-state index in [9.17, 15) is 4.79 Å². The first-order valence-corrected chi connectivity index (χ1v) is 9.67. The van der Waals surface area contributed by atoms with Crippen molar-refractivity contribution < 1.29 is 9.53 Å². The number of benzene rings is 1. The molecular formula is C18H17Br2N5O2. The molecule has 2 heterocycles. The van der Waals surface area contributed by atoms with Crippen LogP contribution in [0.2, 0.25) is 0 Å². The molecule has 0 spiro atoms. The minimum atomic E-state index is -0.310. The lowest BCUT2D eigenvalue weighted by Crippen LogP contribution is -2.22. The number of aromatic nitrogens is 4. The summed E-state index contributed by atoms with van der Waals surface area (Å²) in [5, 5.41) is 7.18. The van der Waals surface area contributed by atoms with Crippen LogP contribution in [0.4, 0.5) is 5.82 Å². The molecule has 0 aliphatic heterocycles. The highest BCUT2D eigenvalue weighted by Crippen LogP contribution is 2.28. The molecule has 3 rings (SSSR count). The fourth-order valence-electron chi connectivity index (χ4n) is 2.46. The third kappa shape index (κ3) is 4.92. The van der Waals surface area contributed by atoms with E-state index < -0.39 is 0 Å². The molecule has 0 saturated carbocycles. The first kappa shape index (κ1) is 19.5. The number of anilines is 1. The smallest absolute Gasteiger partial charge is 0.263 e. The van der Waals surface area contributed by atoms with Crippen molar-refractivity contribution >= 4 is 43.6 Å². The van der Waals surface area contributed by atoms with Gasteiger partial charge in [-0.2, -0.15) is 9.78 Å². The predicted molar refractivity (Wildman–Crippen MR) is 109 cm³/mol. The molecule has 0 aliphatic rings. The van der Waals surface area contributed by atoms with Crippen LogP contribution in [-0.2, 0) is 4.79 Å². The number of carbonyl (C=O) groups is 1. The quantitative estimate of drug-likeness (QED) is 0.576. The molecule has 27 heavy (non-hydrogen) atoms. The minimum Gasteiger partial charge on any atom is -0.483 e. The van der Waals surface area contributed by atoms with Gasteiger partial charge in [0.05, 0.1) is 10.2 Å². The second-order valence-corrected chi connectivity index (χ2v) is 7.72. The minimum absolute atomic E-state index is 0.141. The Morgan fingerprint density at radius 1 is 1.07 bits per heavy atom. The van der Waals surface area contributed by atoms with Crippen molar-refractivity contribution in [3.05, 3.63) is 56.4 Å². The summed E-state index contributed by atoms with van der Waals surface area (Å²) in [4.78, 5) is 21.1. The van der Waals surface area contributed by atoms with E-state index in [0.29, 0.717) is 17.5 Å². The Morgan fingerprint density at radius 3 is 2.44 bits per heavy atom. The summed E-state index contributed by atoms with van der Waals surface area (Å²) >= 11 is 6.78. The van der Waals surface area contributed by atoms with E-state index >= 15 is 0 Å². The van der Waals surface area contributed by atoms with E-state index in [0.717, 1.165) is 26.0 Å². The number of ether oxygens (including phenoxy) is 1. The van der Waals surface area contributed by atoms with Crippen LogP contribution in [0.5, 0.6) is 5.75 Å². The number of amides is 1. The number of aryl methyl sites for hydroxylation is 3. The summed E-state index contributed by atoms with van der Waals surface area (Å²) in [5.74, 6) is 1.17. The van der Waals surface area contributed by atoms with E-state index in [1.807, 2.05) is 39.0 Å². The lowest BCUT2D eigenvalue weighted by Gasteiger charge is -2.10. The van der Waals surface area contributed by atoms with Crippen molar-refractivity contribution in [3.63, 3.8) is 0 Å². The first-order chi connectivity index (χ1) is 12.8. The molecule has 0 unspecified atom stereocenters. The van der Waals surface area contributed by atoms with Gasteiger partial charge in [0.1, 0.15) is 11.6 Å². The Hall–Kier alpha value is -2.26. The average Bonchev–Trinajstić information content (AvgIpc) is 2.93. The Labute approximate surface area is 173 Å². The Kier molecular flexibility index (Phi) is 5.91. The monoisotopic (exact) mass is 493 g/mol. The third-order valence-corrected chi connectivity index (χ3v) is 4.62. The molecule has 1 amide bonds. The highest BCUT2D eigenvalue weighted by atomic mass is 79.9. The molecule has 2 aromatic heterocycles. The molecule has 3 aromatic rings. The molecule has 0 radical (unpaired) electrons. The van der Waals surface area contributed by atoms with Crippen LogP contribution in [0, 0.1) is 20.8 Å². The van der Waals surface area contributed by atoms with Crippen molar-refractivity contribution in [1.29, 1.82) is 0 Å². The standard InChI is InChI=1S/C18H17Br2N5O2/c1-10-6-11(2)22-18(21-10)25-16(7-12(3)24-25)23-17(26)9-27-15-5-4-13(19)8-14(15)20/h4-8H,9H2,1-3H3,(H,23,26). The molecule has 7 nitrogen and oxygen atoms in total. The molecule has 1 aromatic carbocycles. The summed E-state index contributed by atoms with van der Waals surface area (Å²) in [6.07, 6.45) is 0. The second-order valence-electron chi connectivity index (χ2n) is 5.95. The van der Waals surface area contributed by atoms with Crippen LogP contribution < -0.4 is 10.1 Å². The van der Waals surface area contributed by atoms with Gasteiger partial charge >= 0.3 is 0 Å². The molecule has 0 atom stereocenters.